The number of hydrogen-bond donors (Lipinski definition) is 1. The van der Waals surface area contributed by atoms with E-state index in [2.05, 4.69) is 44.1 Å². The van der Waals surface area contributed by atoms with Gasteiger partial charge in [0.1, 0.15) is 5.01 Å². The number of carbonyl (C=O) groups is 1. The molecule has 1 aromatic carbocycles. The van der Waals surface area contributed by atoms with E-state index in [1.54, 1.807) is 27.6 Å². The van der Waals surface area contributed by atoms with Crippen LogP contribution in [0.5, 0.6) is 0 Å². The van der Waals surface area contributed by atoms with Gasteiger partial charge in [-0.05, 0) is 30.0 Å². The Morgan fingerprint density at radius 3 is 2.90 bits per heavy atom. The Labute approximate surface area is 185 Å². The van der Waals surface area contributed by atoms with E-state index >= 15 is 0 Å². The maximum absolute atomic E-state index is 12.5. The number of thiazole rings is 1. The fraction of sp³-hybridized carbons (Fsp3) is 0.263. The lowest BCUT2D eigenvalue weighted by Crippen LogP contribution is -2.27. The second-order valence-electron chi connectivity index (χ2n) is 6.24. The molecule has 0 radical (unpaired) electrons. The first-order chi connectivity index (χ1) is 14.2. The maximum atomic E-state index is 12.5. The number of nitrogens with one attached hydrogen (secondary N) is 1. The monoisotopic (exact) mass is 461 g/mol. The molecule has 29 heavy (non-hydrogen) atoms. The molecular weight excluding hydrogens is 443 g/mol. The lowest BCUT2D eigenvalue weighted by atomic mass is 10.3. The first-order valence-corrected chi connectivity index (χ1v) is 12.5. The summed E-state index contributed by atoms with van der Waals surface area (Å²) in [6.45, 7) is 1.34. The summed E-state index contributed by atoms with van der Waals surface area (Å²) in [6, 6.07) is 12.2. The van der Waals surface area contributed by atoms with E-state index in [9.17, 15) is 4.79 Å². The van der Waals surface area contributed by atoms with E-state index < -0.39 is 0 Å². The minimum atomic E-state index is 0.0525. The first kappa shape index (κ1) is 20.3. The van der Waals surface area contributed by atoms with Gasteiger partial charge >= 0.3 is 0 Å². The van der Waals surface area contributed by atoms with Crippen molar-refractivity contribution in [2.75, 3.05) is 24.7 Å². The molecule has 0 saturated heterocycles. The fourth-order valence-electron chi connectivity index (χ4n) is 2.60. The van der Waals surface area contributed by atoms with Gasteiger partial charge in [0.15, 0.2) is 4.34 Å². The quantitative estimate of drug-likeness (QED) is 0.367. The number of hydrogen-bond acceptors (Lipinski definition) is 9. The van der Waals surface area contributed by atoms with Crippen molar-refractivity contribution < 1.29 is 4.79 Å². The smallest absolute Gasteiger partial charge is 0.233 e. The molecule has 3 heterocycles. The predicted molar refractivity (Wildman–Crippen MR) is 123 cm³/mol. The highest BCUT2D eigenvalue weighted by Crippen LogP contribution is 2.26. The molecule has 1 N–H and O–H groups in total. The van der Waals surface area contributed by atoms with Crippen LogP contribution in [0.1, 0.15) is 9.88 Å². The number of benzene rings is 1. The number of amides is 1. The number of nitrogens with zero attached hydrogens (tertiary/aromatic N) is 4. The second kappa shape index (κ2) is 9.66. The highest BCUT2D eigenvalue weighted by molar-refractivity contribution is 8.01. The summed E-state index contributed by atoms with van der Waals surface area (Å²) in [7, 11) is 1.81. The molecule has 0 aliphatic heterocycles. The molecule has 4 rings (SSSR count). The van der Waals surface area contributed by atoms with Crippen LogP contribution >= 0.6 is 45.8 Å². The molecule has 1 amide bonds. The molecule has 4 aromatic rings. The molecule has 0 saturated carbocycles. The number of para-hydroxylation sites is 1. The SMILES string of the molecule is CN(Cc1nc2ccccc2s1)C(=O)CSc1nnc(NCCc2cccs2)s1. The minimum absolute atomic E-state index is 0.0525. The standard InChI is InChI=1S/C19H19N5OS4/c1-24(11-16-21-14-6-2-3-7-15(14)28-16)17(25)12-27-19-23-22-18(29-19)20-9-8-13-5-4-10-26-13/h2-7,10H,8-9,11-12H2,1H3,(H,20,22). The van der Waals surface area contributed by atoms with Crippen LogP contribution in [0.25, 0.3) is 10.2 Å². The average Bonchev–Trinajstić information content (AvgIpc) is 3.46. The van der Waals surface area contributed by atoms with Gasteiger partial charge < -0.3 is 10.2 Å². The Bertz CT molecular complexity index is 1040. The molecule has 0 aliphatic rings. The molecule has 0 bridgehead atoms. The molecule has 3 aromatic heterocycles. The van der Waals surface area contributed by atoms with E-state index in [1.165, 1.54) is 28.0 Å². The van der Waals surface area contributed by atoms with Crippen LogP contribution in [0, 0.1) is 0 Å². The molecule has 0 atom stereocenters. The third kappa shape index (κ3) is 5.53. The normalized spacial score (nSPS) is 11.1. The largest absolute Gasteiger partial charge is 0.360 e. The molecule has 10 heteroatoms. The summed E-state index contributed by atoms with van der Waals surface area (Å²) in [5.41, 5.74) is 0.982. The van der Waals surface area contributed by atoms with E-state index in [0.29, 0.717) is 12.3 Å². The van der Waals surface area contributed by atoms with Crippen molar-refractivity contribution in [3.05, 3.63) is 51.7 Å². The van der Waals surface area contributed by atoms with Crippen molar-refractivity contribution in [3.63, 3.8) is 0 Å². The number of aromatic nitrogens is 3. The molecule has 0 unspecified atom stereocenters. The van der Waals surface area contributed by atoms with Gasteiger partial charge in [-0.2, -0.15) is 0 Å². The number of anilines is 1. The summed E-state index contributed by atoms with van der Waals surface area (Å²) in [5, 5.41) is 15.4. The third-order valence-electron chi connectivity index (χ3n) is 4.09. The van der Waals surface area contributed by atoms with Crippen LogP contribution in [0.2, 0.25) is 0 Å². The van der Waals surface area contributed by atoms with Crippen molar-refractivity contribution >= 4 is 67.0 Å². The van der Waals surface area contributed by atoms with Crippen LogP contribution in [0.15, 0.2) is 46.1 Å². The van der Waals surface area contributed by atoms with Gasteiger partial charge in [0.2, 0.25) is 11.0 Å². The summed E-state index contributed by atoms with van der Waals surface area (Å²) in [5.74, 6) is 0.391. The zero-order valence-electron chi connectivity index (χ0n) is 15.7. The van der Waals surface area contributed by atoms with Gasteiger partial charge in [-0.25, -0.2) is 4.98 Å². The number of carbonyl (C=O) groups excluding carboxylic acids is 1. The van der Waals surface area contributed by atoms with Crippen LogP contribution in [0.3, 0.4) is 0 Å². The predicted octanol–water partition coefficient (Wildman–Crippen LogP) is 4.61. The van der Waals surface area contributed by atoms with E-state index in [-0.39, 0.29) is 5.91 Å². The van der Waals surface area contributed by atoms with Gasteiger partial charge in [0.05, 0.1) is 22.5 Å². The van der Waals surface area contributed by atoms with Gasteiger partial charge in [-0.1, -0.05) is 41.3 Å². The summed E-state index contributed by atoms with van der Waals surface area (Å²) in [4.78, 5) is 20.1. The first-order valence-electron chi connectivity index (χ1n) is 8.98. The van der Waals surface area contributed by atoms with Crippen LogP contribution in [0.4, 0.5) is 5.13 Å². The lowest BCUT2D eigenvalue weighted by molar-refractivity contribution is -0.127. The topological polar surface area (TPSA) is 71.0 Å². The van der Waals surface area contributed by atoms with Gasteiger partial charge in [-0.3, -0.25) is 4.79 Å². The molecule has 0 aliphatic carbocycles. The van der Waals surface area contributed by atoms with Gasteiger partial charge in [0, 0.05) is 18.5 Å². The Hall–Kier alpha value is -2.01. The highest BCUT2D eigenvalue weighted by atomic mass is 32.2. The number of thioether (sulfide) groups is 1. The Morgan fingerprint density at radius 2 is 2.07 bits per heavy atom. The number of rotatable bonds is 9. The van der Waals surface area contributed by atoms with E-state index in [4.69, 9.17) is 0 Å². The van der Waals surface area contributed by atoms with E-state index in [1.807, 2.05) is 25.2 Å². The molecular formula is C19H19N5OS4. The molecule has 0 spiro atoms. The number of thiophene rings is 1. The Kier molecular flexibility index (Phi) is 6.75. The van der Waals surface area contributed by atoms with Crippen molar-refractivity contribution in [3.8, 4) is 0 Å². The number of fused-ring (bicyclic) bond motifs is 1. The third-order valence-corrected chi connectivity index (χ3v) is 8.05. The zero-order valence-corrected chi connectivity index (χ0v) is 19.0. The zero-order chi connectivity index (χ0) is 20.1. The van der Waals surface area contributed by atoms with Crippen LogP contribution in [-0.2, 0) is 17.8 Å². The second-order valence-corrected chi connectivity index (χ2v) is 10.6. The van der Waals surface area contributed by atoms with E-state index in [0.717, 1.165) is 37.7 Å². The maximum Gasteiger partial charge on any atom is 0.233 e. The summed E-state index contributed by atoms with van der Waals surface area (Å²) >= 11 is 6.29. The van der Waals surface area contributed by atoms with Crippen molar-refractivity contribution in [1.82, 2.24) is 20.1 Å². The average molecular weight is 462 g/mol. The highest BCUT2D eigenvalue weighted by Gasteiger charge is 2.14. The van der Waals surface area contributed by atoms with Crippen LogP contribution in [-0.4, -0.2) is 45.3 Å². The Balaban J connectivity index is 1.23. The lowest BCUT2D eigenvalue weighted by Gasteiger charge is -2.14. The summed E-state index contributed by atoms with van der Waals surface area (Å²) in [6.07, 6.45) is 0.967. The van der Waals surface area contributed by atoms with Gasteiger partial charge in [0.25, 0.3) is 0 Å². The minimum Gasteiger partial charge on any atom is -0.360 e. The van der Waals surface area contributed by atoms with Crippen molar-refractivity contribution in [2.24, 2.45) is 0 Å². The fourth-order valence-corrected chi connectivity index (χ4v) is 6.05. The summed E-state index contributed by atoms with van der Waals surface area (Å²) < 4.78 is 1.94. The van der Waals surface area contributed by atoms with Crippen LogP contribution < -0.4 is 5.32 Å². The van der Waals surface area contributed by atoms with Gasteiger partial charge in [-0.15, -0.1) is 32.9 Å². The van der Waals surface area contributed by atoms with Crippen molar-refractivity contribution in [1.29, 1.82) is 0 Å². The molecule has 150 valence electrons. The van der Waals surface area contributed by atoms with Crippen molar-refractivity contribution in [2.45, 2.75) is 17.3 Å². The molecule has 0 fully saturated rings. The Morgan fingerprint density at radius 1 is 1.17 bits per heavy atom. The molecule has 6 nitrogen and oxygen atoms in total.